The Bertz CT molecular complexity index is 472. The molecule has 20 heavy (non-hydrogen) atoms. The summed E-state index contributed by atoms with van der Waals surface area (Å²) in [5, 5.41) is 9.41. The molecule has 0 bridgehead atoms. The largest absolute Gasteiger partial charge is 0.487 e. The van der Waals surface area contributed by atoms with Gasteiger partial charge in [-0.15, -0.1) is 0 Å². The number of hydrogen-bond acceptors (Lipinski definition) is 2. The third-order valence-corrected chi connectivity index (χ3v) is 5.08. The Hall–Kier alpha value is -1.02. The second-order valence-corrected chi connectivity index (χ2v) is 6.86. The molecule has 2 heteroatoms. The summed E-state index contributed by atoms with van der Waals surface area (Å²) in [6, 6.07) is 6.67. The van der Waals surface area contributed by atoms with Gasteiger partial charge in [-0.2, -0.15) is 0 Å². The van der Waals surface area contributed by atoms with E-state index < -0.39 is 0 Å². The Balaban J connectivity index is 1.96. The molecule has 0 radical (unpaired) electrons. The predicted molar refractivity (Wildman–Crippen MR) is 81.4 cm³/mol. The van der Waals surface area contributed by atoms with Crippen molar-refractivity contribution >= 4 is 0 Å². The number of rotatable bonds is 3. The fraction of sp³-hybridized carbons (Fsp3) is 0.667. The van der Waals surface area contributed by atoms with E-state index in [0.717, 1.165) is 18.6 Å². The van der Waals surface area contributed by atoms with E-state index in [9.17, 15) is 5.11 Å². The fourth-order valence-corrected chi connectivity index (χ4v) is 3.91. The molecule has 1 N–H and O–H groups in total. The van der Waals surface area contributed by atoms with Crippen LogP contribution in [-0.4, -0.2) is 17.3 Å². The van der Waals surface area contributed by atoms with E-state index in [1.807, 2.05) is 0 Å². The predicted octanol–water partition coefficient (Wildman–Crippen LogP) is 4.37. The van der Waals surface area contributed by atoms with Crippen LogP contribution >= 0.6 is 0 Å². The summed E-state index contributed by atoms with van der Waals surface area (Å²) in [6.07, 6.45) is 6.87. The molecular formula is C18H26O2. The second kappa shape index (κ2) is 5.40. The molecule has 0 aromatic heterocycles. The molecule has 110 valence electrons. The van der Waals surface area contributed by atoms with Gasteiger partial charge in [0.15, 0.2) is 0 Å². The van der Waals surface area contributed by atoms with Crippen LogP contribution in [0.25, 0.3) is 0 Å². The van der Waals surface area contributed by atoms with Gasteiger partial charge in [0.1, 0.15) is 11.4 Å². The zero-order valence-corrected chi connectivity index (χ0v) is 12.7. The van der Waals surface area contributed by atoms with Crippen molar-refractivity contribution < 1.29 is 9.84 Å². The maximum Gasteiger partial charge on any atom is 0.123 e. The van der Waals surface area contributed by atoms with E-state index in [2.05, 4.69) is 32.0 Å². The van der Waals surface area contributed by atoms with Gasteiger partial charge in [0, 0.05) is 6.61 Å². The van der Waals surface area contributed by atoms with Crippen LogP contribution in [0, 0.1) is 0 Å². The lowest BCUT2D eigenvalue weighted by Crippen LogP contribution is -2.38. The van der Waals surface area contributed by atoms with E-state index >= 15 is 0 Å². The Morgan fingerprint density at radius 1 is 1.30 bits per heavy atom. The van der Waals surface area contributed by atoms with Gasteiger partial charge in [0.05, 0.1) is 0 Å². The Morgan fingerprint density at radius 3 is 2.70 bits per heavy atom. The quantitative estimate of drug-likeness (QED) is 0.886. The van der Waals surface area contributed by atoms with Crippen LogP contribution < -0.4 is 4.74 Å². The third kappa shape index (κ3) is 2.46. The lowest BCUT2D eigenvalue weighted by molar-refractivity contribution is 0.0381. The van der Waals surface area contributed by atoms with Crippen molar-refractivity contribution in [2.45, 2.75) is 69.8 Å². The maximum atomic E-state index is 9.41. The molecule has 1 spiro atoms. The number of fused-ring (bicyclic) bond motifs is 1. The molecule has 1 unspecified atom stereocenters. The van der Waals surface area contributed by atoms with Gasteiger partial charge >= 0.3 is 0 Å². The molecular weight excluding hydrogens is 248 g/mol. The molecule has 1 heterocycles. The van der Waals surface area contributed by atoms with Gasteiger partial charge in [-0.3, -0.25) is 0 Å². The van der Waals surface area contributed by atoms with Crippen molar-refractivity contribution in [3.05, 3.63) is 29.3 Å². The molecule has 1 saturated carbocycles. The van der Waals surface area contributed by atoms with Crippen LogP contribution in [-0.2, 0) is 0 Å². The van der Waals surface area contributed by atoms with Gasteiger partial charge in [-0.25, -0.2) is 0 Å². The number of hydrogen-bond donors (Lipinski definition) is 1. The first kappa shape index (κ1) is 13.9. The molecule has 1 fully saturated rings. The Labute approximate surface area is 122 Å². The average Bonchev–Trinajstić information content (AvgIpc) is 2.86. The van der Waals surface area contributed by atoms with Crippen LogP contribution in [0.3, 0.4) is 0 Å². The Kier molecular flexibility index (Phi) is 3.76. The van der Waals surface area contributed by atoms with Crippen molar-refractivity contribution in [3.8, 4) is 5.75 Å². The summed E-state index contributed by atoms with van der Waals surface area (Å²) in [5.74, 6) is 2.07. The topological polar surface area (TPSA) is 29.5 Å². The van der Waals surface area contributed by atoms with E-state index in [-0.39, 0.29) is 12.2 Å². The first-order valence-electron chi connectivity index (χ1n) is 8.07. The van der Waals surface area contributed by atoms with Crippen molar-refractivity contribution in [2.24, 2.45) is 0 Å². The van der Waals surface area contributed by atoms with E-state index in [1.165, 1.54) is 36.8 Å². The van der Waals surface area contributed by atoms with Crippen LogP contribution in [0.4, 0.5) is 0 Å². The molecule has 1 aliphatic carbocycles. The number of ether oxygens (including phenoxy) is 1. The highest BCUT2D eigenvalue weighted by atomic mass is 16.5. The van der Waals surface area contributed by atoms with Crippen molar-refractivity contribution in [1.29, 1.82) is 0 Å². The number of aliphatic hydroxyl groups excluding tert-OH is 1. The summed E-state index contributed by atoms with van der Waals surface area (Å²) in [4.78, 5) is 0. The van der Waals surface area contributed by atoms with Gasteiger partial charge in [-0.05, 0) is 67.6 Å². The summed E-state index contributed by atoms with van der Waals surface area (Å²) in [6.45, 7) is 4.72. The molecule has 2 nitrogen and oxygen atoms in total. The van der Waals surface area contributed by atoms with E-state index in [4.69, 9.17) is 4.74 Å². The molecule has 1 aliphatic heterocycles. The maximum absolute atomic E-state index is 9.41. The van der Waals surface area contributed by atoms with Gasteiger partial charge in [0.25, 0.3) is 0 Å². The minimum absolute atomic E-state index is 0.0617. The zero-order chi connectivity index (χ0) is 14.2. The standard InChI is InChI=1S/C18H26O2/c1-13(2)14-5-6-17-16(11-14)15(7-10-19)12-18(20-17)8-3-4-9-18/h5-6,11,13,15,19H,3-4,7-10,12H2,1-2H3. The lowest BCUT2D eigenvalue weighted by Gasteiger charge is -2.40. The second-order valence-electron chi connectivity index (χ2n) is 6.86. The minimum atomic E-state index is 0.0617. The SMILES string of the molecule is CC(C)c1ccc2c(c1)C(CCO)CC1(CCCC1)O2. The van der Waals surface area contributed by atoms with Crippen LogP contribution in [0.5, 0.6) is 5.75 Å². The number of benzene rings is 1. The molecule has 2 aliphatic rings. The summed E-state index contributed by atoms with van der Waals surface area (Å²) < 4.78 is 6.41. The molecule has 1 aromatic rings. The molecule has 0 amide bonds. The summed E-state index contributed by atoms with van der Waals surface area (Å²) >= 11 is 0. The first-order valence-corrected chi connectivity index (χ1v) is 8.07. The third-order valence-electron chi connectivity index (χ3n) is 5.08. The highest BCUT2D eigenvalue weighted by Crippen LogP contribution is 2.49. The summed E-state index contributed by atoms with van der Waals surface area (Å²) in [5.41, 5.74) is 2.76. The monoisotopic (exact) mass is 274 g/mol. The average molecular weight is 274 g/mol. The normalized spacial score (nSPS) is 23.9. The zero-order valence-electron chi connectivity index (χ0n) is 12.7. The molecule has 3 rings (SSSR count). The summed E-state index contributed by atoms with van der Waals surface area (Å²) in [7, 11) is 0. The smallest absolute Gasteiger partial charge is 0.123 e. The van der Waals surface area contributed by atoms with E-state index in [0.29, 0.717) is 11.8 Å². The van der Waals surface area contributed by atoms with Crippen LogP contribution in [0.15, 0.2) is 18.2 Å². The molecule has 1 aromatic carbocycles. The van der Waals surface area contributed by atoms with Crippen LogP contribution in [0.1, 0.15) is 75.3 Å². The molecule has 0 saturated heterocycles. The van der Waals surface area contributed by atoms with Gasteiger partial charge in [-0.1, -0.05) is 26.0 Å². The first-order chi connectivity index (χ1) is 9.63. The fourth-order valence-electron chi connectivity index (χ4n) is 3.91. The van der Waals surface area contributed by atoms with E-state index in [1.54, 1.807) is 0 Å². The minimum Gasteiger partial charge on any atom is -0.487 e. The Morgan fingerprint density at radius 2 is 2.05 bits per heavy atom. The highest BCUT2D eigenvalue weighted by Gasteiger charge is 2.42. The van der Waals surface area contributed by atoms with Crippen molar-refractivity contribution in [1.82, 2.24) is 0 Å². The number of aliphatic hydroxyl groups is 1. The van der Waals surface area contributed by atoms with Crippen LogP contribution in [0.2, 0.25) is 0 Å². The molecule has 1 atom stereocenters. The highest BCUT2D eigenvalue weighted by molar-refractivity contribution is 5.43. The van der Waals surface area contributed by atoms with Gasteiger partial charge in [0.2, 0.25) is 0 Å². The lowest BCUT2D eigenvalue weighted by atomic mass is 9.79. The van der Waals surface area contributed by atoms with Gasteiger partial charge < -0.3 is 9.84 Å². The van der Waals surface area contributed by atoms with Crippen molar-refractivity contribution in [3.63, 3.8) is 0 Å². The van der Waals surface area contributed by atoms with Crippen molar-refractivity contribution in [2.75, 3.05) is 6.61 Å².